The van der Waals surface area contributed by atoms with Gasteiger partial charge in [0.05, 0.1) is 0 Å². The van der Waals surface area contributed by atoms with Crippen molar-refractivity contribution in [2.24, 2.45) is 16.1 Å². The molecule has 16 heavy (non-hydrogen) atoms. The van der Waals surface area contributed by atoms with Gasteiger partial charge in [-0.15, -0.1) is 0 Å². The van der Waals surface area contributed by atoms with Gasteiger partial charge in [0.15, 0.2) is 5.96 Å². The highest BCUT2D eigenvalue weighted by Crippen LogP contribution is 2.41. The summed E-state index contributed by atoms with van der Waals surface area (Å²) in [5, 5.41) is 0. The predicted octanol–water partition coefficient (Wildman–Crippen LogP) is 2.61. The monoisotopic (exact) mass is 225 g/mol. The molecule has 0 spiro atoms. The Hall–Kier alpha value is -0.730. The molecule has 0 aromatic rings. The lowest BCUT2D eigenvalue weighted by Gasteiger charge is -2.26. The first-order chi connectivity index (χ1) is 7.67. The average Bonchev–Trinajstić information content (AvgIpc) is 2.77. The van der Waals surface area contributed by atoms with Gasteiger partial charge < -0.3 is 10.6 Å². The molecule has 0 radical (unpaired) electrons. The van der Waals surface area contributed by atoms with Crippen molar-refractivity contribution < 1.29 is 0 Å². The molecule has 0 saturated heterocycles. The van der Waals surface area contributed by atoms with Gasteiger partial charge in [-0.25, -0.2) is 0 Å². The summed E-state index contributed by atoms with van der Waals surface area (Å²) in [5.74, 6) is 0.727. The molecular weight excluding hydrogens is 198 g/mol. The minimum absolute atomic E-state index is 0.456. The summed E-state index contributed by atoms with van der Waals surface area (Å²) in [6.45, 7) is 9.35. The van der Waals surface area contributed by atoms with Crippen LogP contribution in [-0.2, 0) is 0 Å². The number of hydrogen-bond acceptors (Lipinski definition) is 1. The van der Waals surface area contributed by atoms with Crippen molar-refractivity contribution >= 4 is 5.96 Å². The predicted molar refractivity (Wildman–Crippen MR) is 70.6 cm³/mol. The van der Waals surface area contributed by atoms with Crippen LogP contribution in [0, 0.1) is 5.41 Å². The van der Waals surface area contributed by atoms with E-state index < -0.39 is 0 Å². The number of hydrogen-bond donors (Lipinski definition) is 1. The second-order valence-corrected chi connectivity index (χ2v) is 4.91. The smallest absolute Gasteiger partial charge is 0.191 e. The molecule has 0 aromatic carbocycles. The second-order valence-electron chi connectivity index (χ2n) is 4.91. The number of nitrogens with two attached hydrogens (primary N) is 1. The van der Waals surface area contributed by atoms with Gasteiger partial charge in [-0.1, -0.05) is 19.8 Å². The Kier molecular flexibility index (Phi) is 5.10. The van der Waals surface area contributed by atoms with E-state index in [1.165, 1.54) is 32.1 Å². The highest BCUT2D eigenvalue weighted by atomic mass is 15.2. The summed E-state index contributed by atoms with van der Waals surface area (Å²) < 4.78 is 0. The zero-order chi connectivity index (χ0) is 12.0. The maximum absolute atomic E-state index is 6.01. The standard InChI is InChI=1S/C13H27N3/c1-4-13(9-7-8-10-13)11-15-12(14)16(5-2)6-3/h4-11H2,1-3H3,(H2,14,15). The van der Waals surface area contributed by atoms with Crippen molar-refractivity contribution in [1.82, 2.24) is 4.90 Å². The van der Waals surface area contributed by atoms with Gasteiger partial charge in [0.25, 0.3) is 0 Å². The second kappa shape index (κ2) is 6.12. The van der Waals surface area contributed by atoms with Gasteiger partial charge in [-0.3, -0.25) is 4.99 Å². The molecular formula is C13H27N3. The Morgan fingerprint density at radius 1 is 1.19 bits per heavy atom. The van der Waals surface area contributed by atoms with Crippen LogP contribution >= 0.6 is 0 Å². The lowest BCUT2D eigenvalue weighted by molar-refractivity contribution is 0.295. The van der Waals surface area contributed by atoms with E-state index >= 15 is 0 Å². The number of aliphatic imine (C=N–C) groups is 1. The molecule has 1 aliphatic carbocycles. The van der Waals surface area contributed by atoms with Gasteiger partial charge in [0, 0.05) is 19.6 Å². The number of guanidine groups is 1. The zero-order valence-corrected chi connectivity index (χ0v) is 11.1. The Labute approximate surface area is 100 Å². The molecule has 94 valence electrons. The Bertz CT molecular complexity index is 225. The molecule has 3 nitrogen and oxygen atoms in total. The fourth-order valence-corrected chi connectivity index (χ4v) is 2.64. The molecule has 0 heterocycles. The summed E-state index contributed by atoms with van der Waals surface area (Å²) in [6, 6.07) is 0. The van der Waals surface area contributed by atoms with E-state index in [9.17, 15) is 0 Å². The average molecular weight is 225 g/mol. The maximum atomic E-state index is 6.01. The Morgan fingerprint density at radius 3 is 2.19 bits per heavy atom. The SMILES string of the molecule is CCN(CC)C(N)=NCC1(CC)CCCC1. The van der Waals surface area contributed by atoms with Crippen LogP contribution in [0.2, 0.25) is 0 Å². The highest BCUT2D eigenvalue weighted by molar-refractivity contribution is 5.78. The van der Waals surface area contributed by atoms with Crippen molar-refractivity contribution in [3.63, 3.8) is 0 Å². The number of rotatable bonds is 5. The van der Waals surface area contributed by atoms with Crippen LogP contribution in [0.25, 0.3) is 0 Å². The van der Waals surface area contributed by atoms with Gasteiger partial charge in [0.2, 0.25) is 0 Å². The summed E-state index contributed by atoms with van der Waals surface area (Å²) in [7, 11) is 0. The largest absolute Gasteiger partial charge is 0.370 e. The van der Waals surface area contributed by atoms with Crippen LogP contribution < -0.4 is 5.73 Å². The topological polar surface area (TPSA) is 41.6 Å². The first kappa shape index (κ1) is 13.3. The fourth-order valence-electron chi connectivity index (χ4n) is 2.64. The molecule has 0 bridgehead atoms. The van der Waals surface area contributed by atoms with Crippen LogP contribution in [0.15, 0.2) is 4.99 Å². The fraction of sp³-hybridized carbons (Fsp3) is 0.923. The summed E-state index contributed by atoms with van der Waals surface area (Å²) >= 11 is 0. The normalized spacial score (nSPS) is 20.1. The van der Waals surface area contributed by atoms with E-state index in [0.717, 1.165) is 25.6 Å². The Balaban J connectivity index is 2.56. The van der Waals surface area contributed by atoms with E-state index in [0.29, 0.717) is 5.41 Å². The molecule has 0 amide bonds. The van der Waals surface area contributed by atoms with Crippen LogP contribution in [0.4, 0.5) is 0 Å². The zero-order valence-electron chi connectivity index (χ0n) is 11.1. The van der Waals surface area contributed by atoms with E-state index in [-0.39, 0.29) is 0 Å². The molecule has 1 fully saturated rings. The quantitative estimate of drug-likeness (QED) is 0.577. The van der Waals surface area contributed by atoms with Crippen molar-refractivity contribution in [3.05, 3.63) is 0 Å². The molecule has 2 N–H and O–H groups in total. The van der Waals surface area contributed by atoms with Crippen molar-refractivity contribution in [1.29, 1.82) is 0 Å². The molecule has 0 atom stereocenters. The van der Waals surface area contributed by atoms with Crippen molar-refractivity contribution in [3.8, 4) is 0 Å². The molecule has 1 saturated carbocycles. The third-order valence-corrected chi connectivity index (χ3v) is 4.08. The minimum atomic E-state index is 0.456. The van der Waals surface area contributed by atoms with E-state index in [1.54, 1.807) is 0 Å². The van der Waals surface area contributed by atoms with Gasteiger partial charge >= 0.3 is 0 Å². The van der Waals surface area contributed by atoms with E-state index in [2.05, 4.69) is 30.7 Å². The molecule has 0 aliphatic heterocycles. The third-order valence-electron chi connectivity index (χ3n) is 4.08. The van der Waals surface area contributed by atoms with Crippen LogP contribution in [0.5, 0.6) is 0 Å². The molecule has 3 heteroatoms. The Morgan fingerprint density at radius 2 is 1.75 bits per heavy atom. The van der Waals surface area contributed by atoms with Crippen LogP contribution in [0.1, 0.15) is 52.9 Å². The molecule has 0 unspecified atom stereocenters. The van der Waals surface area contributed by atoms with Crippen LogP contribution in [0.3, 0.4) is 0 Å². The summed E-state index contributed by atoms with van der Waals surface area (Å²) in [6.07, 6.45) is 6.64. The number of nitrogens with zero attached hydrogens (tertiary/aromatic N) is 2. The van der Waals surface area contributed by atoms with Crippen molar-refractivity contribution in [2.75, 3.05) is 19.6 Å². The summed E-state index contributed by atoms with van der Waals surface area (Å²) in [4.78, 5) is 6.73. The molecule has 1 rings (SSSR count). The first-order valence-corrected chi connectivity index (χ1v) is 6.72. The lowest BCUT2D eigenvalue weighted by Crippen LogP contribution is -2.38. The first-order valence-electron chi connectivity index (χ1n) is 6.72. The van der Waals surface area contributed by atoms with Gasteiger partial charge in [0.1, 0.15) is 0 Å². The van der Waals surface area contributed by atoms with Gasteiger partial charge in [-0.2, -0.15) is 0 Å². The van der Waals surface area contributed by atoms with E-state index in [1.807, 2.05) is 0 Å². The van der Waals surface area contributed by atoms with E-state index in [4.69, 9.17) is 5.73 Å². The highest BCUT2D eigenvalue weighted by Gasteiger charge is 2.31. The summed E-state index contributed by atoms with van der Waals surface area (Å²) in [5.41, 5.74) is 6.46. The van der Waals surface area contributed by atoms with Crippen LogP contribution in [-0.4, -0.2) is 30.5 Å². The van der Waals surface area contributed by atoms with Gasteiger partial charge in [-0.05, 0) is 38.5 Å². The minimum Gasteiger partial charge on any atom is -0.370 e. The van der Waals surface area contributed by atoms with Crippen molar-refractivity contribution in [2.45, 2.75) is 52.9 Å². The lowest BCUT2D eigenvalue weighted by atomic mass is 9.84. The molecule has 1 aliphatic rings. The maximum Gasteiger partial charge on any atom is 0.191 e. The molecule has 0 aromatic heterocycles. The third kappa shape index (κ3) is 3.13.